The minimum Gasteiger partial charge on any atom is -0.336 e. The Morgan fingerprint density at radius 2 is 2.09 bits per heavy atom. The van der Waals surface area contributed by atoms with Gasteiger partial charge in [0.05, 0.1) is 0 Å². The topological polar surface area (TPSA) is 72.5 Å². The second-order valence-corrected chi connectivity index (χ2v) is 6.63. The summed E-state index contributed by atoms with van der Waals surface area (Å²) in [6, 6.07) is 0.356. The number of thioether (sulfide) groups is 1. The molecule has 1 aromatic heterocycles. The van der Waals surface area contributed by atoms with Gasteiger partial charge in [0.15, 0.2) is 5.16 Å². The Kier molecular flexibility index (Phi) is 4.51. The molecular formula is C14H21N5O2S. The van der Waals surface area contributed by atoms with E-state index in [9.17, 15) is 9.59 Å². The number of nitrogens with one attached hydrogen (secondary N) is 1. The Balaban J connectivity index is 1.74. The van der Waals surface area contributed by atoms with Crippen molar-refractivity contribution in [2.45, 2.75) is 11.2 Å². The predicted octanol–water partition coefficient (Wildman–Crippen LogP) is -0.436. The number of fused-ring (bicyclic) bond motifs is 1. The molecule has 1 amide bonds. The van der Waals surface area contributed by atoms with Crippen LogP contribution < -0.4 is 5.56 Å². The molecule has 22 heavy (non-hydrogen) atoms. The Morgan fingerprint density at radius 1 is 1.32 bits per heavy atom. The fourth-order valence-corrected chi connectivity index (χ4v) is 3.45. The van der Waals surface area contributed by atoms with E-state index >= 15 is 0 Å². The molecular weight excluding hydrogens is 302 g/mol. The number of aromatic nitrogens is 2. The van der Waals surface area contributed by atoms with E-state index in [4.69, 9.17) is 0 Å². The summed E-state index contributed by atoms with van der Waals surface area (Å²) in [6.07, 6.45) is 3.23. The first kappa shape index (κ1) is 15.5. The minimum atomic E-state index is -0.354. The van der Waals surface area contributed by atoms with Crippen molar-refractivity contribution in [3.05, 3.63) is 22.1 Å². The van der Waals surface area contributed by atoms with Crippen molar-refractivity contribution in [3.8, 4) is 0 Å². The normalized spacial score (nSPS) is 23.4. The molecule has 2 aliphatic rings. The highest BCUT2D eigenvalue weighted by Gasteiger charge is 2.33. The van der Waals surface area contributed by atoms with Crippen LogP contribution in [0.5, 0.6) is 0 Å². The van der Waals surface area contributed by atoms with Crippen LogP contribution in [0.1, 0.15) is 10.4 Å². The van der Waals surface area contributed by atoms with Crippen LogP contribution in [0.25, 0.3) is 0 Å². The lowest BCUT2D eigenvalue weighted by atomic mass is 10.1. The van der Waals surface area contributed by atoms with Crippen molar-refractivity contribution in [2.24, 2.45) is 0 Å². The van der Waals surface area contributed by atoms with E-state index in [1.165, 1.54) is 18.0 Å². The van der Waals surface area contributed by atoms with Gasteiger partial charge in [-0.05, 0) is 13.3 Å². The number of nitrogens with zero attached hydrogens (tertiary/aromatic N) is 4. The van der Waals surface area contributed by atoms with Crippen LogP contribution in [-0.2, 0) is 0 Å². The van der Waals surface area contributed by atoms with Gasteiger partial charge in [0.2, 0.25) is 0 Å². The fourth-order valence-electron chi connectivity index (χ4n) is 3.10. The van der Waals surface area contributed by atoms with Gasteiger partial charge in [0.1, 0.15) is 5.56 Å². The van der Waals surface area contributed by atoms with Gasteiger partial charge in [-0.1, -0.05) is 11.8 Å². The molecule has 0 radical (unpaired) electrons. The number of likely N-dealkylation sites (N-methyl/N-ethyl adjacent to an activating group) is 1. The van der Waals surface area contributed by atoms with E-state index in [-0.39, 0.29) is 17.0 Å². The Morgan fingerprint density at radius 3 is 2.82 bits per heavy atom. The maximum atomic E-state index is 12.6. The van der Waals surface area contributed by atoms with Crippen molar-refractivity contribution < 1.29 is 4.79 Å². The molecule has 3 heterocycles. The van der Waals surface area contributed by atoms with Gasteiger partial charge < -0.3 is 14.8 Å². The molecule has 7 nitrogen and oxygen atoms in total. The van der Waals surface area contributed by atoms with Gasteiger partial charge in [-0.3, -0.25) is 14.5 Å². The number of carbonyl (C=O) groups excluding carboxylic acids is 1. The van der Waals surface area contributed by atoms with Gasteiger partial charge in [-0.25, -0.2) is 4.98 Å². The molecule has 2 saturated heterocycles. The smallest absolute Gasteiger partial charge is 0.264 e. The maximum absolute atomic E-state index is 12.6. The SMILES string of the molecule is CSc1ncc(C(=O)N2CCN3CCN(C)C[C@H]3C2)c(=O)[nH]1. The van der Waals surface area contributed by atoms with E-state index in [2.05, 4.69) is 26.8 Å². The summed E-state index contributed by atoms with van der Waals surface area (Å²) in [4.78, 5) is 37.9. The zero-order valence-corrected chi connectivity index (χ0v) is 13.7. The standard InChI is InChI=1S/C14H21N5O2S/c1-17-3-4-18-5-6-19(9-10(18)8-17)13(21)11-7-15-14(22-2)16-12(11)20/h7,10H,3-6,8-9H2,1-2H3,(H,15,16,20)/t10-/m0/s1. The second kappa shape index (κ2) is 6.39. The zero-order chi connectivity index (χ0) is 15.7. The number of hydrogen-bond donors (Lipinski definition) is 1. The Labute approximate surface area is 133 Å². The molecule has 0 aliphatic carbocycles. The van der Waals surface area contributed by atoms with E-state index in [1.807, 2.05) is 6.26 Å². The average molecular weight is 323 g/mol. The zero-order valence-electron chi connectivity index (χ0n) is 12.9. The molecule has 0 spiro atoms. The summed E-state index contributed by atoms with van der Waals surface area (Å²) in [5.74, 6) is -0.214. The van der Waals surface area contributed by atoms with Crippen molar-refractivity contribution in [1.29, 1.82) is 0 Å². The van der Waals surface area contributed by atoms with E-state index in [0.717, 1.165) is 26.2 Å². The van der Waals surface area contributed by atoms with Crippen molar-refractivity contribution in [2.75, 3.05) is 52.6 Å². The monoisotopic (exact) mass is 323 g/mol. The highest BCUT2D eigenvalue weighted by molar-refractivity contribution is 7.98. The van der Waals surface area contributed by atoms with Crippen molar-refractivity contribution >= 4 is 17.7 Å². The highest BCUT2D eigenvalue weighted by atomic mass is 32.2. The molecule has 1 atom stereocenters. The Hall–Kier alpha value is -1.38. The van der Waals surface area contributed by atoms with Crippen LogP contribution >= 0.6 is 11.8 Å². The van der Waals surface area contributed by atoms with Gasteiger partial charge in [-0.2, -0.15) is 0 Å². The molecule has 0 saturated carbocycles. The highest BCUT2D eigenvalue weighted by Crippen LogP contribution is 2.16. The van der Waals surface area contributed by atoms with Crippen LogP contribution in [0.2, 0.25) is 0 Å². The average Bonchev–Trinajstić information content (AvgIpc) is 2.53. The maximum Gasteiger partial charge on any atom is 0.264 e. The van der Waals surface area contributed by atoms with Gasteiger partial charge in [0, 0.05) is 51.5 Å². The number of hydrogen-bond acceptors (Lipinski definition) is 6. The lowest BCUT2D eigenvalue weighted by molar-refractivity contribution is 0.0188. The number of amides is 1. The number of aromatic amines is 1. The Bertz CT molecular complexity index is 619. The van der Waals surface area contributed by atoms with Gasteiger partial charge in [-0.15, -0.1) is 0 Å². The third-order valence-electron chi connectivity index (χ3n) is 4.38. The first-order valence-electron chi connectivity index (χ1n) is 7.43. The number of rotatable bonds is 2. The summed E-state index contributed by atoms with van der Waals surface area (Å²) in [5, 5.41) is 0.528. The molecule has 3 rings (SSSR count). The van der Waals surface area contributed by atoms with Crippen molar-refractivity contribution in [3.63, 3.8) is 0 Å². The van der Waals surface area contributed by atoms with Crippen LogP contribution in [0.15, 0.2) is 16.1 Å². The second-order valence-electron chi connectivity index (χ2n) is 5.84. The molecule has 1 aromatic rings. The number of carbonyl (C=O) groups is 1. The van der Waals surface area contributed by atoms with Crippen LogP contribution in [0.4, 0.5) is 0 Å². The predicted molar refractivity (Wildman–Crippen MR) is 85.4 cm³/mol. The third-order valence-corrected chi connectivity index (χ3v) is 4.98. The summed E-state index contributed by atoms with van der Waals surface area (Å²) in [6.45, 7) is 5.30. The summed E-state index contributed by atoms with van der Waals surface area (Å²) in [5.41, 5.74) is -0.219. The molecule has 1 N–H and O–H groups in total. The van der Waals surface area contributed by atoms with Crippen LogP contribution in [-0.4, -0.2) is 89.2 Å². The number of piperazine rings is 2. The third kappa shape index (κ3) is 3.04. The van der Waals surface area contributed by atoms with E-state index in [1.54, 1.807) is 4.90 Å². The molecule has 120 valence electrons. The lowest BCUT2D eigenvalue weighted by Crippen LogP contribution is -2.62. The van der Waals surface area contributed by atoms with Gasteiger partial charge >= 0.3 is 0 Å². The largest absolute Gasteiger partial charge is 0.336 e. The molecule has 8 heteroatoms. The number of H-pyrrole nitrogens is 1. The molecule has 0 bridgehead atoms. The minimum absolute atomic E-state index is 0.135. The van der Waals surface area contributed by atoms with E-state index in [0.29, 0.717) is 24.3 Å². The molecule has 2 fully saturated rings. The van der Waals surface area contributed by atoms with E-state index < -0.39 is 0 Å². The first-order chi connectivity index (χ1) is 10.6. The first-order valence-corrected chi connectivity index (χ1v) is 8.66. The quantitative estimate of drug-likeness (QED) is 0.588. The van der Waals surface area contributed by atoms with Crippen molar-refractivity contribution in [1.82, 2.24) is 24.7 Å². The summed E-state index contributed by atoms with van der Waals surface area (Å²) >= 11 is 1.35. The van der Waals surface area contributed by atoms with Gasteiger partial charge in [0.25, 0.3) is 11.5 Å². The van der Waals surface area contributed by atoms with Crippen LogP contribution in [0.3, 0.4) is 0 Å². The van der Waals surface area contributed by atoms with Crippen LogP contribution in [0, 0.1) is 0 Å². The lowest BCUT2D eigenvalue weighted by Gasteiger charge is -2.46. The summed E-state index contributed by atoms with van der Waals surface area (Å²) < 4.78 is 0. The molecule has 0 aromatic carbocycles. The fraction of sp³-hybridized carbons (Fsp3) is 0.643. The molecule has 0 unspecified atom stereocenters. The summed E-state index contributed by atoms with van der Waals surface area (Å²) in [7, 11) is 2.11. The molecule has 2 aliphatic heterocycles.